The fourth-order valence-corrected chi connectivity index (χ4v) is 4.43. The lowest BCUT2D eigenvalue weighted by Crippen LogP contribution is -2.39. The first-order chi connectivity index (χ1) is 12.1. The molecule has 0 radical (unpaired) electrons. The molecule has 2 unspecified atom stereocenters. The van der Waals surface area contributed by atoms with Gasteiger partial charge in [-0.05, 0) is 43.5 Å². The van der Waals surface area contributed by atoms with Crippen LogP contribution in [0.25, 0.3) is 0 Å². The number of nitrogens with zero attached hydrogens (tertiary/aromatic N) is 1. The first-order valence-electron chi connectivity index (χ1n) is 7.95. The molecule has 0 fully saturated rings. The van der Waals surface area contributed by atoms with Crippen molar-refractivity contribution in [2.75, 3.05) is 19.4 Å². The monoisotopic (exact) mass is 415 g/mol. The Morgan fingerprint density at radius 3 is 2.50 bits per heavy atom. The summed E-state index contributed by atoms with van der Waals surface area (Å²) in [6, 6.07) is 7.94. The molecule has 0 aliphatic rings. The number of carbonyl (C=O) groups excluding carboxylic acids is 1. The van der Waals surface area contributed by atoms with E-state index in [1.807, 2.05) is 24.4 Å². The smallest absolute Gasteiger partial charge is 0.244 e. The van der Waals surface area contributed by atoms with Crippen LogP contribution in [0.2, 0.25) is 5.02 Å². The maximum absolute atomic E-state index is 12.4. The number of anilines is 1. The van der Waals surface area contributed by atoms with Gasteiger partial charge in [-0.15, -0.1) is 11.3 Å². The molecular weight excluding hydrogens is 394 g/mol. The Balaban J connectivity index is 2.11. The van der Waals surface area contributed by atoms with Crippen LogP contribution in [-0.4, -0.2) is 38.8 Å². The number of thiophene rings is 1. The van der Waals surface area contributed by atoms with Crippen LogP contribution in [0.4, 0.5) is 5.69 Å². The van der Waals surface area contributed by atoms with Gasteiger partial charge in [-0.3, -0.25) is 10.1 Å². The van der Waals surface area contributed by atoms with Crippen LogP contribution in [-0.2, 0) is 14.8 Å². The maximum atomic E-state index is 12.4. The maximum Gasteiger partial charge on any atom is 0.244 e. The van der Waals surface area contributed by atoms with E-state index in [4.69, 9.17) is 11.6 Å². The van der Waals surface area contributed by atoms with Crippen molar-refractivity contribution in [3.8, 4) is 0 Å². The summed E-state index contributed by atoms with van der Waals surface area (Å²) in [5.41, 5.74) is 0.372. The Kier molecular flexibility index (Phi) is 6.81. The van der Waals surface area contributed by atoms with Gasteiger partial charge in [0.25, 0.3) is 0 Å². The van der Waals surface area contributed by atoms with Gasteiger partial charge in [0.15, 0.2) is 0 Å². The van der Waals surface area contributed by atoms with Crippen LogP contribution in [0.5, 0.6) is 0 Å². The van der Waals surface area contributed by atoms with Gasteiger partial charge in [0.2, 0.25) is 15.9 Å². The van der Waals surface area contributed by atoms with Crippen molar-refractivity contribution in [3.63, 3.8) is 0 Å². The van der Waals surface area contributed by atoms with Crippen LogP contribution < -0.4 is 10.6 Å². The minimum absolute atomic E-state index is 0.0330. The molecule has 2 atom stereocenters. The third kappa shape index (κ3) is 4.83. The molecular formula is C17H22ClN3O3S2. The highest BCUT2D eigenvalue weighted by atomic mass is 35.5. The molecule has 0 aliphatic carbocycles. The zero-order chi connectivity index (χ0) is 19.5. The van der Waals surface area contributed by atoms with Gasteiger partial charge >= 0.3 is 0 Å². The highest BCUT2D eigenvalue weighted by Gasteiger charge is 2.22. The zero-order valence-corrected chi connectivity index (χ0v) is 17.4. The molecule has 9 heteroatoms. The summed E-state index contributed by atoms with van der Waals surface area (Å²) < 4.78 is 25.7. The fraction of sp³-hybridized carbons (Fsp3) is 0.353. The van der Waals surface area contributed by atoms with E-state index in [1.54, 1.807) is 24.3 Å². The predicted molar refractivity (Wildman–Crippen MR) is 106 cm³/mol. The molecule has 1 aromatic carbocycles. The molecule has 2 rings (SSSR count). The van der Waals surface area contributed by atoms with E-state index in [-0.39, 0.29) is 21.9 Å². The molecule has 142 valence electrons. The van der Waals surface area contributed by atoms with Crippen LogP contribution in [0, 0.1) is 0 Å². The number of carbonyl (C=O) groups is 1. The molecule has 0 bridgehead atoms. The first kappa shape index (κ1) is 20.9. The van der Waals surface area contributed by atoms with Crippen molar-refractivity contribution >= 4 is 44.6 Å². The Morgan fingerprint density at radius 1 is 1.23 bits per heavy atom. The topological polar surface area (TPSA) is 78.5 Å². The average Bonchev–Trinajstić information content (AvgIpc) is 3.10. The lowest BCUT2D eigenvalue weighted by Gasteiger charge is -2.19. The largest absolute Gasteiger partial charge is 0.325 e. The zero-order valence-electron chi connectivity index (χ0n) is 15.0. The van der Waals surface area contributed by atoms with Gasteiger partial charge in [-0.25, -0.2) is 12.7 Å². The number of amides is 1. The highest BCUT2D eigenvalue weighted by Crippen LogP contribution is 2.27. The normalized spacial score (nSPS) is 14.2. The minimum Gasteiger partial charge on any atom is -0.325 e. The van der Waals surface area contributed by atoms with E-state index >= 15 is 0 Å². The van der Waals surface area contributed by atoms with Crippen molar-refractivity contribution < 1.29 is 13.2 Å². The van der Waals surface area contributed by atoms with E-state index < -0.39 is 16.1 Å². The van der Waals surface area contributed by atoms with Crippen molar-refractivity contribution in [2.45, 2.75) is 30.8 Å². The quantitative estimate of drug-likeness (QED) is 0.727. The van der Waals surface area contributed by atoms with Gasteiger partial charge in [0, 0.05) is 30.7 Å². The van der Waals surface area contributed by atoms with Crippen molar-refractivity contribution in [3.05, 3.63) is 45.6 Å². The number of sulfonamides is 1. The van der Waals surface area contributed by atoms with Gasteiger partial charge < -0.3 is 5.32 Å². The molecule has 1 heterocycles. The summed E-state index contributed by atoms with van der Waals surface area (Å²) in [4.78, 5) is 13.5. The molecule has 6 nitrogen and oxygen atoms in total. The lowest BCUT2D eigenvalue weighted by atomic mass is 10.2. The third-order valence-electron chi connectivity index (χ3n) is 3.82. The van der Waals surface area contributed by atoms with Crippen LogP contribution >= 0.6 is 22.9 Å². The Morgan fingerprint density at radius 2 is 1.92 bits per heavy atom. The van der Waals surface area contributed by atoms with Gasteiger partial charge in [0.1, 0.15) is 4.90 Å². The molecule has 0 saturated heterocycles. The van der Waals surface area contributed by atoms with Crippen molar-refractivity contribution in [1.29, 1.82) is 0 Å². The molecule has 26 heavy (non-hydrogen) atoms. The van der Waals surface area contributed by atoms with E-state index in [1.165, 1.54) is 26.2 Å². The summed E-state index contributed by atoms with van der Waals surface area (Å²) in [6.45, 7) is 3.74. The second kappa shape index (κ2) is 8.49. The van der Waals surface area contributed by atoms with Gasteiger partial charge in [-0.2, -0.15) is 0 Å². The van der Waals surface area contributed by atoms with E-state index in [9.17, 15) is 13.2 Å². The number of hydrogen-bond donors (Lipinski definition) is 2. The summed E-state index contributed by atoms with van der Waals surface area (Å²) in [5.74, 6) is -0.260. The molecule has 2 N–H and O–H groups in total. The summed E-state index contributed by atoms with van der Waals surface area (Å²) in [6.07, 6.45) is 0. The van der Waals surface area contributed by atoms with Crippen LogP contribution in [0.15, 0.2) is 40.6 Å². The number of benzene rings is 1. The third-order valence-corrected chi connectivity index (χ3v) is 7.17. The summed E-state index contributed by atoms with van der Waals surface area (Å²) in [5, 5.41) is 8.04. The Hall–Kier alpha value is -1.45. The fourth-order valence-electron chi connectivity index (χ4n) is 2.30. The number of hydrogen-bond acceptors (Lipinski definition) is 5. The number of rotatable bonds is 7. The van der Waals surface area contributed by atoms with E-state index in [2.05, 4.69) is 10.6 Å². The SMILES string of the molecule is CC(NC(C)c1cccs1)C(=O)Nc1ccc(Cl)c(S(=O)(=O)N(C)C)c1. The second-order valence-electron chi connectivity index (χ2n) is 6.05. The molecule has 1 amide bonds. The standard InChI is InChI=1S/C17H22ClN3O3S2/c1-11(15-6-5-9-25-15)19-12(2)17(22)20-13-7-8-14(18)16(10-13)26(23,24)21(3)4/h5-12,19H,1-4H3,(H,20,22). The summed E-state index contributed by atoms with van der Waals surface area (Å²) >= 11 is 7.64. The molecule has 0 spiro atoms. The first-order valence-corrected chi connectivity index (χ1v) is 10.6. The Bertz CT molecular complexity index is 867. The van der Waals surface area contributed by atoms with Crippen LogP contribution in [0.3, 0.4) is 0 Å². The average molecular weight is 416 g/mol. The highest BCUT2D eigenvalue weighted by molar-refractivity contribution is 7.89. The minimum atomic E-state index is -3.70. The Labute approximate surface area is 163 Å². The summed E-state index contributed by atoms with van der Waals surface area (Å²) in [7, 11) is -0.848. The molecule has 1 aromatic heterocycles. The number of halogens is 1. The molecule has 0 aliphatic heterocycles. The predicted octanol–water partition coefficient (Wildman–Crippen LogP) is 3.33. The second-order valence-corrected chi connectivity index (χ2v) is 9.55. The van der Waals surface area contributed by atoms with Gasteiger partial charge in [0.05, 0.1) is 11.1 Å². The lowest BCUT2D eigenvalue weighted by molar-refractivity contribution is -0.117. The van der Waals surface area contributed by atoms with Crippen molar-refractivity contribution in [2.24, 2.45) is 0 Å². The molecule has 2 aromatic rings. The van der Waals surface area contributed by atoms with Crippen molar-refractivity contribution in [1.82, 2.24) is 9.62 Å². The van der Waals surface area contributed by atoms with E-state index in [0.717, 1.165) is 9.18 Å². The van der Waals surface area contributed by atoms with Crippen LogP contribution in [0.1, 0.15) is 24.8 Å². The van der Waals surface area contributed by atoms with Gasteiger partial charge in [-0.1, -0.05) is 17.7 Å². The number of nitrogens with one attached hydrogen (secondary N) is 2. The molecule has 0 saturated carbocycles. The van der Waals surface area contributed by atoms with E-state index in [0.29, 0.717) is 5.69 Å².